The predicted molar refractivity (Wildman–Crippen MR) is 66.9 cm³/mol. The second-order valence-electron chi connectivity index (χ2n) is 3.08. The largest absolute Gasteiger partial charge is 0.251 e. The average molecular weight is 348 g/mol. The second kappa shape index (κ2) is 5.13. The zero-order valence-corrected chi connectivity index (χ0v) is 12.3. The van der Waals surface area contributed by atoms with Gasteiger partial charge < -0.3 is 0 Å². The summed E-state index contributed by atoms with van der Waals surface area (Å²) in [6.07, 6.45) is 1.06. The summed E-state index contributed by atoms with van der Waals surface area (Å²) in [6.45, 7) is -0.120. The summed E-state index contributed by atoms with van der Waals surface area (Å²) in [7, 11) is -6.77. The molecule has 1 aromatic heterocycles. The van der Waals surface area contributed by atoms with Gasteiger partial charge in [0.15, 0.2) is 0 Å². The first kappa shape index (κ1) is 14.1. The van der Waals surface area contributed by atoms with Crippen LogP contribution >= 0.6 is 27.3 Å². The van der Waals surface area contributed by atoms with E-state index in [1.807, 2.05) is 0 Å². The van der Waals surface area contributed by atoms with Crippen molar-refractivity contribution in [2.24, 2.45) is 0 Å². The predicted octanol–water partition coefficient (Wildman–Crippen LogP) is 0.833. The first-order valence-electron chi connectivity index (χ1n) is 4.13. The van der Waals surface area contributed by atoms with Crippen LogP contribution in [0.5, 0.6) is 0 Å². The van der Waals surface area contributed by atoms with Crippen molar-refractivity contribution >= 4 is 47.1 Å². The van der Waals surface area contributed by atoms with Crippen LogP contribution in [0.3, 0.4) is 0 Å². The zero-order valence-electron chi connectivity index (χ0n) is 8.30. The molecular weight excluding hydrogens is 338 g/mol. The Morgan fingerprint density at radius 3 is 2.44 bits per heavy atom. The average Bonchev–Trinajstić information content (AvgIpc) is 2.48. The van der Waals surface area contributed by atoms with Gasteiger partial charge in [0.25, 0.3) is 10.0 Å². The van der Waals surface area contributed by atoms with Crippen LogP contribution in [0.15, 0.2) is 20.1 Å². The third-order valence-electron chi connectivity index (χ3n) is 1.59. The molecule has 0 amide bonds. The van der Waals surface area contributed by atoms with Crippen LogP contribution in [0.4, 0.5) is 0 Å². The standard InChI is InChI=1S/C7H10BrNO4S3/c1-15(10,11)5-3-9-16(12,13)7-6(8)2-4-14-7/h2,4,9H,3,5H2,1H3. The summed E-state index contributed by atoms with van der Waals surface area (Å²) < 4.78 is 47.9. The number of hydrogen-bond acceptors (Lipinski definition) is 5. The van der Waals surface area contributed by atoms with E-state index in [9.17, 15) is 16.8 Å². The fourth-order valence-corrected chi connectivity index (χ4v) is 4.91. The number of halogens is 1. The van der Waals surface area contributed by atoms with Crippen LogP contribution in [-0.4, -0.2) is 35.4 Å². The Labute approximate surface area is 107 Å². The Morgan fingerprint density at radius 1 is 1.38 bits per heavy atom. The van der Waals surface area contributed by atoms with Gasteiger partial charge in [0, 0.05) is 17.3 Å². The van der Waals surface area contributed by atoms with Crippen molar-refractivity contribution in [2.45, 2.75) is 4.21 Å². The van der Waals surface area contributed by atoms with Gasteiger partial charge in [-0.05, 0) is 27.4 Å². The molecule has 0 saturated carbocycles. The lowest BCUT2D eigenvalue weighted by molar-refractivity contribution is 0.583. The van der Waals surface area contributed by atoms with E-state index in [2.05, 4.69) is 20.7 Å². The fraction of sp³-hybridized carbons (Fsp3) is 0.429. The molecule has 0 aliphatic rings. The van der Waals surface area contributed by atoms with Gasteiger partial charge >= 0.3 is 0 Å². The van der Waals surface area contributed by atoms with Crippen molar-refractivity contribution in [2.75, 3.05) is 18.6 Å². The molecule has 0 unspecified atom stereocenters. The maximum Gasteiger partial charge on any atom is 0.251 e. The molecular formula is C7H10BrNO4S3. The normalized spacial score (nSPS) is 12.9. The summed E-state index contributed by atoms with van der Waals surface area (Å²) in [5.41, 5.74) is 0. The van der Waals surface area contributed by atoms with Gasteiger partial charge in [-0.25, -0.2) is 21.6 Å². The number of sulfone groups is 1. The molecule has 1 N–H and O–H groups in total. The number of thiophene rings is 1. The molecule has 0 radical (unpaired) electrons. The molecule has 0 spiro atoms. The summed E-state index contributed by atoms with van der Waals surface area (Å²) in [5, 5.41) is 1.63. The third kappa shape index (κ3) is 4.13. The summed E-state index contributed by atoms with van der Waals surface area (Å²) in [6, 6.07) is 1.62. The van der Waals surface area contributed by atoms with Crippen LogP contribution in [0.1, 0.15) is 0 Å². The molecule has 1 heterocycles. The van der Waals surface area contributed by atoms with E-state index < -0.39 is 19.9 Å². The van der Waals surface area contributed by atoms with Crippen molar-refractivity contribution in [1.82, 2.24) is 4.72 Å². The summed E-state index contributed by atoms with van der Waals surface area (Å²) in [5.74, 6) is -0.213. The van der Waals surface area contributed by atoms with Crippen molar-refractivity contribution in [3.8, 4) is 0 Å². The molecule has 0 saturated heterocycles. The minimum absolute atomic E-state index is 0.120. The van der Waals surface area contributed by atoms with Gasteiger partial charge in [0.05, 0.1) is 5.75 Å². The van der Waals surface area contributed by atoms with Crippen LogP contribution in [0, 0.1) is 0 Å². The molecule has 0 atom stereocenters. The third-order valence-corrected chi connectivity index (χ3v) is 6.67. The van der Waals surface area contributed by atoms with E-state index in [4.69, 9.17) is 0 Å². The number of hydrogen-bond donors (Lipinski definition) is 1. The van der Waals surface area contributed by atoms with E-state index in [1.165, 1.54) is 0 Å². The Balaban J connectivity index is 2.72. The Kier molecular flexibility index (Phi) is 4.52. The van der Waals surface area contributed by atoms with Crippen molar-refractivity contribution in [3.63, 3.8) is 0 Å². The SMILES string of the molecule is CS(=O)(=O)CCNS(=O)(=O)c1sccc1Br. The lowest BCUT2D eigenvalue weighted by Gasteiger charge is -2.04. The highest BCUT2D eigenvalue weighted by atomic mass is 79.9. The molecule has 0 aliphatic heterocycles. The lowest BCUT2D eigenvalue weighted by atomic mass is 10.7. The molecule has 92 valence electrons. The smallest absolute Gasteiger partial charge is 0.229 e. The first-order valence-corrected chi connectivity index (χ1v) is 9.34. The summed E-state index contributed by atoms with van der Waals surface area (Å²) in [4.78, 5) is 0. The molecule has 9 heteroatoms. The molecule has 0 aliphatic carbocycles. The molecule has 0 fully saturated rings. The number of rotatable bonds is 5. The summed E-state index contributed by atoms with van der Waals surface area (Å²) >= 11 is 4.17. The maximum atomic E-state index is 11.7. The van der Waals surface area contributed by atoms with Gasteiger partial charge in [0.1, 0.15) is 14.0 Å². The van der Waals surface area contributed by atoms with E-state index in [0.717, 1.165) is 17.6 Å². The van der Waals surface area contributed by atoms with Crippen LogP contribution in [0.2, 0.25) is 0 Å². The highest BCUT2D eigenvalue weighted by molar-refractivity contribution is 9.10. The van der Waals surface area contributed by atoms with E-state index in [-0.39, 0.29) is 16.5 Å². The molecule has 5 nitrogen and oxygen atoms in total. The van der Waals surface area contributed by atoms with E-state index >= 15 is 0 Å². The Hall–Kier alpha value is 0.0400. The maximum absolute atomic E-state index is 11.7. The zero-order chi connectivity index (χ0) is 12.4. The van der Waals surface area contributed by atoms with Crippen LogP contribution < -0.4 is 4.72 Å². The van der Waals surface area contributed by atoms with Crippen molar-refractivity contribution < 1.29 is 16.8 Å². The van der Waals surface area contributed by atoms with Crippen molar-refractivity contribution in [1.29, 1.82) is 0 Å². The molecule has 16 heavy (non-hydrogen) atoms. The second-order valence-corrected chi connectivity index (χ2v) is 9.08. The minimum Gasteiger partial charge on any atom is -0.229 e. The van der Waals surface area contributed by atoms with Gasteiger partial charge in [-0.15, -0.1) is 11.3 Å². The molecule has 0 bridgehead atoms. The highest BCUT2D eigenvalue weighted by Gasteiger charge is 2.19. The number of nitrogens with one attached hydrogen (secondary N) is 1. The van der Waals surface area contributed by atoms with Gasteiger partial charge in [0.2, 0.25) is 0 Å². The van der Waals surface area contributed by atoms with Gasteiger partial charge in [-0.1, -0.05) is 0 Å². The van der Waals surface area contributed by atoms with Crippen molar-refractivity contribution in [3.05, 3.63) is 15.9 Å². The first-order chi connectivity index (χ1) is 7.22. The van der Waals surface area contributed by atoms with Gasteiger partial charge in [-0.3, -0.25) is 0 Å². The number of sulfonamides is 1. The van der Waals surface area contributed by atoms with Gasteiger partial charge in [-0.2, -0.15) is 0 Å². The molecule has 1 aromatic rings. The highest BCUT2D eigenvalue weighted by Crippen LogP contribution is 2.27. The fourth-order valence-electron chi connectivity index (χ4n) is 0.899. The van der Waals surface area contributed by atoms with E-state index in [0.29, 0.717) is 4.47 Å². The van der Waals surface area contributed by atoms with Crippen LogP contribution in [-0.2, 0) is 19.9 Å². The monoisotopic (exact) mass is 347 g/mol. The topological polar surface area (TPSA) is 80.3 Å². The van der Waals surface area contributed by atoms with Crippen LogP contribution in [0.25, 0.3) is 0 Å². The Morgan fingerprint density at radius 2 is 2.00 bits per heavy atom. The Bertz CT molecular complexity index is 560. The minimum atomic E-state index is -3.61. The molecule has 0 aromatic carbocycles. The lowest BCUT2D eigenvalue weighted by Crippen LogP contribution is -2.28. The van der Waals surface area contributed by atoms with E-state index in [1.54, 1.807) is 11.4 Å². The quantitative estimate of drug-likeness (QED) is 0.855. The molecule has 1 rings (SSSR count).